The summed E-state index contributed by atoms with van der Waals surface area (Å²) in [6.45, 7) is 5.54. The lowest BCUT2D eigenvalue weighted by Gasteiger charge is -2.00. The zero-order chi connectivity index (χ0) is 13.6. The molecule has 19 heavy (non-hydrogen) atoms. The molecule has 0 saturated heterocycles. The molecule has 2 aromatic heterocycles. The van der Waals surface area contributed by atoms with E-state index in [0.717, 1.165) is 16.3 Å². The zero-order valence-corrected chi connectivity index (χ0v) is 11.9. The van der Waals surface area contributed by atoms with Crippen LogP contribution >= 0.6 is 11.3 Å². The lowest BCUT2D eigenvalue weighted by Crippen LogP contribution is -2.13. The van der Waals surface area contributed by atoms with Crippen molar-refractivity contribution in [3.8, 4) is 0 Å². The first-order chi connectivity index (χ1) is 9.06. The van der Waals surface area contributed by atoms with Crippen molar-refractivity contribution in [2.24, 2.45) is 0 Å². The van der Waals surface area contributed by atoms with Crippen LogP contribution < -0.4 is 5.32 Å². The number of amides is 1. The van der Waals surface area contributed by atoms with Gasteiger partial charge in [-0.2, -0.15) is 0 Å². The summed E-state index contributed by atoms with van der Waals surface area (Å²) in [6.07, 6.45) is 2.36. The average Bonchev–Trinajstić information content (AvgIpc) is 3.04. The fourth-order valence-electron chi connectivity index (χ4n) is 2.07. The van der Waals surface area contributed by atoms with Crippen molar-refractivity contribution in [3.05, 3.63) is 27.7 Å². The number of hydrogen-bond donors (Lipinski definition) is 1. The molecule has 0 radical (unpaired) electrons. The summed E-state index contributed by atoms with van der Waals surface area (Å²) in [5.41, 5.74) is 1.47. The lowest BCUT2D eigenvalue weighted by atomic mass is 10.1. The van der Waals surface area contributed by atoms with Gasteiger partial charge in [-0.3, -0.25) is 10.1 Å². The Kier molecular flexibility index (Phi) is 2.89. The fourth-order valence-corrected chi connectivity index (χ4v) is 2.97. The van der Waals surface area contributed by atoms with E-state index in [1.807, 2.05) is 13.8 Å². The first kappa shape index (κ1) is 12.3. The van der Waals surface area contributed by atoms with E-state index in [1.165, 1.54) is 24.2 Å². The van der Waals surface area contributed by atoms with Crippen molar-refractivity contribution < 1.29 is 9.21 Å². The molecule has 1 amide bonds. The highest BCUT2D eigenvalue weighted by Crippen LogP contribution is 2.42. The van der Waals surface area contributed by atoms with Crippen molar-refractivity contribution >= 4 is 22.4 Å². The summed E-state index contributed by atoms with van der Waals surface area (Å²) in [6, 6.07) is 0. The third-order valence-electron chi connectivity index (χ3n) is 3.38. The van der Waals surface area contributed by atoms with Gasteiger partial charge in [-0.25, -0.2) is 0 Å². The van der Waals surface area contributed by atoms with Crippen molar-refractivity contribution in [1.29, 1.82) is 0 Å². The molecule has 0 aliphatic heterocycles. The SMILES string of the molecule is Cc1oc(C)c(C(=O)Nc2nnc(C3CC3)s2)c1C. The highest BCUT2D eigenvalue weighted by atomic mass is 32.1. The first-order valence-electron chi connectivity index (χ1n) is 6.27. The predicted octanol–water partition coefficient (Wildman–Crippen LogP) is 3.19. The molecule has 0 atom stereocenters. The van der Waals surface area contributed by atoms with E-state index in [2.05, 4.69) is 15.5 Å². The van der Waals surface area contributed by atoms with Gasteiger partial charge in [0.25, 0.3) is 5.91 Å². The zero-order valence-electron chi connectivity index (χ0n) is 11.1. The molecule has 5 nitrogen and oxygen atoms in total. The Morgan fingerprint density at radius 3 is 2.58 bits per heavy atom. The number of nitrogens with zero attached hydrogens (tertiary/aromatic N) is 2. The Morgan fingerprint density at radius 2 is 2.00 bits per heavy atom. The van der Waals surface area contributed by atoms with Crippen molar-refractivity contribution in [2.75, 3.05) is 5.32 Å². The van der Waals surface area contributed by atoms with Crippen LogP contribution in [-0.4, -0.2) is 16.1 Å². The molecule has 0 spiro atoms. The highest BCUT2D eigenvalue weighted by Gasteiger charge is 2.28. The molecule has 3 rings (SSSR count). The summed E-state index contributed by atoms with van der Waals surface area (Å²) in [7, 11) is 0. The topological polar surface area (TPSA) is 68.0 Å². The number of carbonyl (C=O) groups is 1. The number of aromatic nitrogens is 2. The quantitative estimate of drug-likeness (QED) is 0.935. The molecular formula is C13H15N3O2S. The summed E-state index contributed by atoms with van der Waals surface area (Å²) in [4.78, 5) is 12.2. The van der Waals surface area contributed by atoms with Gasteiger partial charge in [0.05, 0.1) is 5.56 Å². The molecule has 1 N–H and O–H groups in total. The Bertz CT molecular complexity index is 640. The van der Waals surface area contributed by atoms with Crippen LogP contribution in [0.3, 0.4) is 0 Å². The summed E-state index contributed by atoms with van der Waals surface area (Å²) < 4.78 is 5.46. The van der Waals surface area contributed by atoms with Crippen LogP contribution in [-0.2, 0) is 0 Å². The van der Waals surface area contributed by atoms with Gasteiger partial charge in [-0.15, -0.1) is 10.2 Å². The number of aryl methyl sites for hydroxylation is 2. The van der Waals surface area contributed by atoms with Gasteiger partial charge in [-0.1, -0.05) is 11.3 Å². The first-order valence-corrected chi connectivity index (χ1v) is 7.09. The maximum atomic E-state index is 12.2. The highest BCUT2D eigenvalue weighted by molar-refractivity contribution is 7.15. The minimum Gasteiger partial charge on any atom is -0.466 e. The minimum atomic E-state index is -0.176. The smallest absolute Gasteiger partial charge is 0.261 e. The third kappa shape index (κ3) is 2.28. The molecule has 2 aromatic rings. The summed E-state index contributed by atoms with van der Waals surface area (Å²) in [5, 5.41) is 12.5. The second kappa shape index (κ2) is 4.45. The molecule has 1 aliphatic rings. The van der Waals surface area contributed by atoms with E-state index in [4.69, 9.17) is 4.42 Å². The second-order valence-corrected chi connectivity index (χ2v) is 5.90. The maximum Gasteiger partial charge on any atom is 0.261 e. The van der Waals surface area contributed by atoms with Gasteiger partial charge in [-0.05, 0) is 33.6 Å². The van der Waals surface area contributed by atoms with Gasteiger partial charge >= 0.3 is 0 Å². The number of rotatable bonds is 3. The van der Waals surface area contributed by atoms with Crippen molar-refractivity contribution in [1.82, 2.24) is 10.2 Å². The summed E-state index contributed by atoms with van der Waals surface area (Å²) >= 11 is 1.46. The molecular weight excluding hydrogens is 262 g/mol. The fraction of sp³-hybridized carbons (Fsp3) is 0.462. The van der Waals surface area contributed by atoms with Crippen LogP contribution in [0.1, 0.15) is 51.2 Å². The van der Waals surface area contributed by atoms with Crippen LogP contribution in [0.25, 0.3) is 0 Å². The van der Waals surface area contributed by atoms with Gasteiger partial charge in [0.15, 0.2) is 0 Å². The Hall–Kier alpha value is -1.69. The normalized spacial score (nSPS) is 14.7. The molecule has 0 bridgehead atoms. The molecule has 100 valence electrons. The Morgan fingerprint density at radius 1 is 1.26 bits per heavy atom. The molecule has 0 unspecified atom stereocenters. The summed E-state index contributed by atoms with van der Waals surface area (Å²) in [5.74, 6) is 1.80. The number of hydrogen-bond acceptors (Lipinski definition) is 5. The lowest BCUT2D eigenvalue weighted by molar-refractivity contribution is 0.102. The van der Waals surface area contributed by atoms with E-state index in [0.29, 0.717) is 22.4 Å². The van der Waals surface area contributed by atoms with Crippen molar-refractivity contribution in [3.63, 3.8) is 0 Å². The number of furan rings is 1. The van der Waals surface area contributed by atoms with E-state index < -0.39 is 0 Å². The number of carbonyl (C=O) groups excluding carboxylic acids is 1. The van der Waals surface area contributed by atoms with E-state index in [-0.39, 0.29) is 5.91 Å². The average molecular weight is 277 g/mol. The predicted molar refractivity (Wildman–Crippen MR) is 72.8 cm³/mol. The van der Waals surface area contributed by atoms with E-state index in [1.54, 1.807) is 6.92 Å². The second-order valence-electron chi connectivity index (χ2n) is 4.89. The standard InChI is InChI=1S/C13H15N3O2S/c1-6-7(2)18-8(3)10(6)11(17)14-13-16-15-12(19-13)9-4-5-9/h9H,4-5H2,1-3H3,(H,14,16,17). The van der Waals surface area contributed by atoms with Crippen LogP contribution in [0.5, 0.6) is 0 Å². The van der Waals surface area contributed by atoms with Crippen molar-refractivity contribution in [2.45, 2.75) is 39.5 Å². The molecule has 0 aromatic carbocycles. The monoisotopic (exact) mass is 277 g/mol. The van der Waals surface area contributed by atoms with Gasteiger partial charge in [0.2, 0.25) is 5.13 Å². The van der Waals surface area contributed by atoms with Crippen LogP contribution in [0.4, 0.5) is 5.13 Å². The van der Waals surface area contributed by atoms with Crippen LogP contribution in [0.15, 0.2) is 4.42 Å². The largest absolute Gasteiger partial charge is 0.466 e. The van der Waals surface area contributed by atoms with Gasteiger partial charge < -0.3 is 4.42 Å². The molecule has 1 saturated carbocycles. The minimum absolute atomic E-state index is 0.176. The van der Waals surface area contributed by atoms with Crippen LogP contribution in [0.2, 0.25) is 0 Å². The molecule has 1 aliphatic carbocycles. The number of nitrogens with one attached hydrogen (secondary N) is 1. The van der Waals surface area contributed by atoms with E-state index >= 15 is 0 Å². The molecule has 1 fully saturated rings. The third-order valence-corrected chi connectivity index (χ3v) is 4.38. The van der Waals surface area contributed by atoms with Gasteiger partial charge in [0.1, 0.15) is 16.5 Å². The Balaban J connectivity index is 1.79. The molecule has 2 heterocycles. The van der Waals surface area contributed by atoms with Gasteiger partial charge in [0, 0.05) is 11.5 Å². The Labute approximate surface area is 115 Å². The van der Waals surface area contributed by atoms with E-state index in [9.17, 15) is 4.79 Å². The van der Waals surface area contributed by atoms with Crippen LogP contribution in [0, 0.1) is 20.8 Å². The molecule has 6 heteroatoms. The number of anilines is 1. The maximum absolute atomic E-state index is 12.2.